The van der Waals surface area contributed by atoms with E-state index in [1.807, 2.05) is 19.1 Å². The van der Waals surface area contributed by atoms with Crippen LogP contribution in [0.5, 0.6) is 0 Å². The average Bonchev–Trinajstić information content (AvgIpc) is 2.35. The molecule has 5 heteroatoms. The van der Waals surface area contributed by atoms with Gasteiger partial charge in [-0.3, -0.25) is 10.8 Å². The zero-order valence-electron chi connectivity index (χ0n) is 9.82. The maximum Gasteiger partial charge on any atom is 0.129 e. The summed E-state index contributed by atoms with van der Waals surface area (Å²) in [4.78, 5) is 4.18. The van der Waals surface area contributed by atoms with Crippen molar-refractivity contribution in [3.05, 3.63) is 64.2 Å². The van der Waals surface area contributed by atoms with Gasteiger partial charge in [0.1, 0.15) is 5.82 Å². The highest BCUT2D eigenvalue weighted by molar-refractivity contribution is 6.30. The Morgan fingerprint density at radius 2 is 2.11 bits per heavy atom. The van der Waals surface area contributed by atoms with Crippen LogP contribution in [0.25, 0.3) is 0 Å². The van der Waals surface area contributed by atoms with E-state index >= 15 is 0 Å². The molecule has 3 nitrogen and oxygen atoms in total. The number of hydrogen-bond donors (Lipinski definition) is 2. The predicted octanol–water partition coefficient (Wildman–Crippen LogP) is 2.74. The second kappa shape index (κ2) is 5.44. The zero-order valence-corrected chi connectivity index (χ0v) is 10.6. The highest BCUT2D eigenvalue weighted by Gasteiger charge is 2.16. The molecule has 1 unspecified atom stereocenters. The third-order valence-electron chi connectivity index (χ3n) is 2.71. The average molecular weight is 266 g/mol. The molecular weight excluding hydrogens is 253 g/mol. The van der Waals surface area contributed by atoms with E-state index in [4.69, 9.17) is 17.4 Å². The Labute approximate surface area is 110 Å². The number of aryl methyl sites for hydroxylation is 1. The van der Waals surface area contributed by atoms with Crippen molar-refractivity contribution in [2.45, 2.75) is 13.0 Å². The van der Waals surface area contributed by atoms with Gasteiger partial charge in [-0.25, -0.2) is 9.82 Å². The normalized spacial score (nSPS) is 12.4. The molecule has 0 bridgehead atoms. The Morgan fingerprint density at radius 1 is 1.33 bits per heavy atom. The highest BCUT2D eigenvalue weighted by atomic mass is 35.5. The summed E-state index contributed by atoms with van der Waals surface area (Å²) in [5.41, 5.74) is 4.72. The Hall–Kier alpha value is -1.49. The Morgan fingerprint density at radius 3 is 2.67 bits per heavy atom. The van der Waals surface area contributed by atoms with Crippen LogP contribution in [0, 0.1) is 12.7 Å². The van der Waals surface area contributed by atoms with E-state index in [2.05, 4.69) is 10.4 Å². The van der Waals surface area contributed by atoms with E-state index in [-0.39, 0.29) is 0 Å². The number of rotatable bonds is 3. The van der Waals surface area contributed by atoms with Crippen molar-refractivity contribution in [3.8, 4) is 0 Å². The smallest absolute Gasteiger partial charge is 0.129 e. The summed E-state index contributed by atoms with van der Waals surface area (Å²) in [6.07, 6.45) is 1.67. The molecule has 0 fully saturated rings. The summed E-state index contributed by atoms with van der Waals surface area (Å²) in [6.45, 7) is 1.89. The molecule has 1 aromatic heterocycles. The van der Waals surface area contributed by atoms with Crippen LogP contribution in [0.1, 0.15) is 22.9 Å². The number of nitrogens with zero attached hydrogens (tertiary/aromatic N) is 1. The minimum absolute atomic E-state index is 0.356. The first-order chi connectivity index (χ1) is 8.61. The van der Waals surface area contributed by atoms with Crippen LogP contribution in [0.3, 0.4) is 0 Å². The maximum atomic E-state index is 13.9. The summed E-state index contributed by atoms with van der Waals surface area (Å²) in [5, 5.41) is 0.356. The quantitative estimate of drug-likeness (QED) is 0.663. The highest BCUT2D eigenvalue weighted by Crippen LogP contribution is 2.25. The van der Waals surface area contributed by atoms with Crippen LogP contribution < -0.4 is 11.3 Å². The molecule has 0 saturated carbocycles. The molecule has 1 aromatic carbocycles. The van der Waals surface area contributed by atoms with Gasteiger partial charge in [-0.2, -0.15) is 0 Å². The molecule has 0 saturated heterocycles. The van der Waals surface area contributed by atoms with Gasteiger partial charge in [0.25, 0.3) is 0 Å². The van der Waals surface area contributed by atoms with Gasteiger partial charge in [0.05, 0.1) is 6.04 Å². The summed E-state index contributed by atoms with van der Waals surface area (Å²) in [7, 11) is 0. The van der Waals surface area contributed by atoms with Crippen molar-refractivity contribution >= 4 is 11.6 Å². The van der Waals surface area contributed by atoms with Gasteiger partial charge in [-0.1, -0.05) is 23.7 Å². The van der Waals surface area contributed by atoms with Crippen LogP contribution in [0.2, 0.25) is 5.02 Å². The standard InChI is InChI=1S/C13H13ClFN3/c1-8-2-3-9(7-17-8)13(18-16)11-5-4-10(14)6-12(11)15/h2-7,13,18H,16H2,1H3. The van der Waals surface area contributed by atoms with Crippen molar-refractivity contribution in [1.82, 2.24) is 10.4 Å². The first-order valence-corrected chi connectivity index (χ1v) is 5.83. The summed E-state index contributed by atoms with van der Waals surface area (Å²) in [6, 6.07) is 7.78. The fourth-order valence-electron chi connectivity index (χ4n) is 1.75. The van der Waals surface area contributed by atoms with Crippen LogP contribution in [-0.2, 0) is 0 Å². The molecule has 0 amide bonds. The molecule has 2 aromatic rings. The van der Waals surface area contributed by atoms with Crippen molar-refractivity contribution in [2.75, 3.05) is 0 Å². The van der Waals surface area contributed by atoms with E-state index in [1.165, 1.54) is 6.07 Å². The number of benzene rings is 1. The van der Waals surface area contributed by atoms with Crippen molar-refractivity contribution in [1.29, 1.82) is 0 Å². The van der Waals surface area contributed by atoms with Gasteiger partial charge in [0.15, 0.2) is 0 Å². The van der Waals surface area contributed by atoms with Crippen molar-refractivity contribution < 1.29 is 4.39 Å². The molecule has 0 aliphatic carbocycles. The van der Waals surface area contributed by atoms with E-state index < -0.39 is 11.9 Å². The first kappa shape index (κ1) is 13.0. The monoisotopic (exact) mass is 265 g/mol. The third kappa shape index (κ3) is 2.67. The maximum absolute atomic E-state index is 13.9. The second-order valence-electron chi connectivity index (χ2n) is 4.00. The number of halogens is 2. The lowest BCUT2D eigenvalue weighted by atomic mass is 10.00. The Kier molecular flexibility index (Phi) is 3.91. The number of aromatic nitrogens is 1. The number of nitrogens with two attached hydrogens (primary N) is 1. The number of pyridine rings is 1. The topological polar surface area (TPSA) is 50.9 Å². The fourth-order valence-corrected chi connectivity index (χ4v) is 1.91. The van der Waals surface area contributed by atoms with Crippen molar-refractivity contribution in [2.24, 2.45) is 5.84 Å². The molecule has 0 aliphatic rings. The molecule has 1 heterocycles. The minimum atomic E-state index is -0.449. The van der Waals surface area contributed by atoms with Crippen LogP contribution in [0.15, 0.2) is 36.5 Å². The largest absolute Gasteiger partial charge is 0.271 e. The molecule has 94 valence electrons. The minimum Gasteiger partial charge on any atom is -0.271 e. The molecule has 18 heavy (non-hydrogen) atoms. The van der Waals surface area contributed by atoms with Gasteiger partial charge in [0.2, 0.25) is 0 Å². The summed E-state index contributed by atoms with van der Waals surface area (Å²) < 4.78 is 13.9. The van der Waals surface area contributed by atoms with Crippen LogP contribution in [0.4, 0.5) is 4.39 Å². The van der Waals surface area contributed by atoms with E-state index in [9.17, 15) is 4.39 Å². The Balaban J connectivity index is 2.41. The van der Waals surface area contributed by atoms with Crippen LogP contribution >= 0.6 is 11.6 Å². The van der Waals surface area contributed by atoms with E-state index in [0.717, 1.165) is 11.3 Å². The van der Waals surface area contributed by atoms with Gasteiger partial charge in [-0.05, 0) is 30.7 Å². The lowest BCUT2D eigenvalue weighted by Gasteiger charge is -2.17. The zero-order chi connectivity index (χ0) is 13.1. The number of hydrogen-bond acceptors (Lipinski definition) is 3. The van der Waals surface area contributed by atoms with E-state index in [0.29, 0.717) is 10.6 Å². The van der Waals surface area contributed by atoms with Crippen LogP contribution in [-0.4, -0.2) is 4.98 Å². The summed E-state index contributed by atoms with van der Waals surface area (Å²) in [5.74, 6) is 5.11. The third-order valence-corrected chi connectivity index (χ3v) is 2.94. The molecule has 0 aliphatic heterocycles. The molecule has 0 spiro atoms. The molecule has 3 N–H and O–H groups in total. The first-order valence-electron chi connectivity index (χ1n) is 5.45. The number of hydrazine groups is 1. The Bertz CT molecular complexity index is 542. The van der Waals surface area contributed by atoms with Gasteiger partial charge < -0.3 is 0 Å². The SMILES string of the molecule is Cc1ccc(C(NN)c2ccc(Cl)cc2F)cn1. The molecule has 2 rings (SSSR count). The lowest BCUT2D eigenvalue weighted by Crippen LogP contribution is -2.29. The van der Waals surface area contributed by atoms with Gasteiger partial charge >= 0.3 is 0 Å². The summed E-state index contributed by atoms with van der Waals surface area (Å²) >= 11 is 5.73. The lowest BCUT2D eigenvalue weighted by molar-refractivity contribution is 0.559. The predicted molar refractivity (Wildman–Crippen MR) is 69.6 cm³/mol. The molecular formula is C13H13ClFN3. The van der Waals surface area contributed by atoms with E-state index in [1.54, 1.807) is 18.3 Å². The fraction of sp³-hybridized carbons (Fsp3) is 0.154. The number of nitrogens with one attached hydrogen (secondary N) is 1. The second-order valence-corrected chi connectivity index (χ2v) is 4.43. The molecule has 1 atom stereocenters. The molecule has 0 radical (unpaired) electrons. The van der Waals surface area contributed by atoms with Gasteiger partial charge in [0, 0.05) is 22.5 Å². The van der Waals surface area contributed by atoms with Crippen molar-refractivity contribution in [3.63, 3.8) is 0 Å². The van der Waals surface area contributed by atoms with Gasteiger partial charge in [-0.15, -0.1) is 0 Å².